The van der Waals surface area contributed by atoms with E-state index in [0.29, 0.717) is 5.41 Å². The van der Waals surface area contributed by atoms with Crippen LogP contribution in [0.15, 0.2) is 6.33 Å². The van der Waals surface area contributed by atoms with E-state index in [1.807, 2.05) is 0 Å². The summed E-state index contributed by atoms with van der Waals surface area (Å²) < 4.78 is 0. The van der Waals surface area contributed by atoms with Crippen molar-refractivity contribution >= 4 is 11.6 Å². The topological polar surface area (TPSA) is 67.1 Å². The van der Waals surface area contributed by atoms with Gasteiger partial charge in [0.15, 0.2) is 0 Å². The Morgan fingerprint density at radius 2 is 1.86 bits per heavy atom. The van der Waals surface area contributed by atoms with Gasteiger partial charge in [-0.2, -0.15) is 0 Å². The third-order valence-corrected chi connectivity index (χ3v) is 5.45. The number of aromatic nitrogens is 2. The van der Waals surface area contributed by atoms with Crippen molar-refractivity contribution in [1.82, 2.24) is 9.97 Å². The van der Waals surface area contributed by atoms with Gasteiger partial charge in [-0.3, -0.25) is 0 Å². The van der Waals surface area contributed by atoms with E-state index in [0.717, 1.165) is 36.7 Å². The monoisotopic (exact) mass is 289 g/mol. The molecule has 2 heterocycles. The molecular weight excluding hydrogens is 262 g/mol. The molecular formula is C16H27N5. The summed E-state index contributed by atoms with van der Waals surface area (Å²) in [5.74, 6) is 7.42. The lowest BCUT2D eigenvalue weighted by atomic mass is 9.68. The molecule has 1 spiro atoms. The minimum absolute atomic E-state index is 0.628. The number of anilines is 2. The van der Waals surface area contributed by atoms with Crippen molar-refractivity contribution in [2.24, 2.45) is 11.3 Å². The minimum atomic E-state index is 0.628. The third-order valence-electron chi connectivity index (χ3n) is 5.45. The predicted octanol–water partition coefficient (Wildman–Crippen LogP) is 2.88. The van der Waals surface area contributed by atoms with E-state index in [2.05, 4.69) is 27.2 Å². The first kappa shape index (κ1) is 14.6. The fourth-order valence-electron chi connectivity index (χ4n) is 4.12. The van der Waals surface area contributed by atoms with Crippen LogP contribution in [0.2, 0.25) is 0 Å². The highest BCUT2D eigenvalue weighted by atomic mass is 15.3. The molecule has 21 heavy (non-hydrogen) atoms. The van der Waals surface area contributed by atoms with Crippen LogP contribution in [-0.4, -0.2) is 23.1 Å². The number of hydrazine groups is 1. The largest absolute Gasteiger partial charge is 0.356 e. The van der Waals surface area contributed by atoms with Crippen LogP contribution in [0.25, 0.3) is 0 Å². The normalized spacial score (nSPS) is 21.5. The predicted molar refractivity (Wildman–Crippen MR) is 86.2 cm³/mol. The molecule has 2 fully saturated rings. The highest BCUT2D eigenvalue weighted by Crippen LogP contribution is 2.45. The van der Waals surface area contributed by atoms with E-state index >= 15 is 0 Å². The Balaban J connectivity index is 1.75. The number of nitrogens with zero attached hydrogens (tertiary/aromatic N) is 3. The molecule has 3 N–H and O–H groups in total. The molecule has 1 aromatic heterocycles. The summed E-state index contributed by atoms with van der Waals surface area (Å²) in [6.07, 6.45) is 12.3. The Kier molecular flexibility index (Phi) is 4.29. The molecule has 0 atom stereocenters. The number of rotatable bonds is 3. The highest BCUT2D eigenvalue weighted by Gasteiger charge is 2.36. The van der Waals surface area contributed by atoms with Crippen molar-refractivity contribution in [3.63, 3.8) is 0 Å². The van der Waals surface area contributed by atoms with Gasteiger partial charge in [-0.15, -0.1) is 0 Å². The first-order chi connectivity index (χ1) is 10.3. The lowest BCUT2D eigenvalue weighted by Gasteiger charge is -2.45. The molecule has 2 aliphatic rings. The van der Waals surface area contributed by atoms with Gasteiger partial charge in [0, 0.05) is 18.7 Å². The molecule has 116 valence electrons. The zero-order chi connectivity index (χ0) is 14.7. The highest BCUT2D eigenvalue weighted by molar-refractivity contribution is 5.58. The van der Waals surface area contributed by atoms with Gasteiger partial charge in [-0.1, -0.05) is 26.2 Å². The summed E-state index contributed by atoms with van der Waals surface area (Å²) in [7, 11) is 0. The van der Waals surface area contributed by atoms with Crippen LogP contribution in [-0.2, 0) is 6.42 Å². The molecule has 0 aromatic carbocycles. The number of hydrogen-bond acceptors (Lipinski definition) is 5. The van der Waals surface area contributed by atoms with E-state index < -0.39 is 0 Å². The molecule has 1 saturated carbocycles. The van der Waals surface area contributed by atoms with E-state index in [1.54, 1.807) is 6.33 Å². The average molecular weight is 289 g/mol. The van der Waals surface area contributed by atoms with Gasteiger partial charge >= 0.3 is 0 Å². The standard InChI is InChI=1S/C16H27N5/c1-2-13-14(20-17)18-12-19-15(13)21-10-8-16(9-11-21)6-4-3-5-7-16/h12H,2-11,17H2,1H3,(H,18,19,20). The Morgan fingerprint density at radius 1 is 1.14 bits per heavy atom. The van der Waals surface area contributed by atoms with E-state index in [1.165, 1.54) is 44.9 Å². The summed E-state index contributed by atoms with van der Waals surface area (Å²) in [6, 6.07) is 0. The molecule has 1 saturated heterocycles. The molecule has 0 unspecified atom stereocenters. The molecule has 3 rings (SSSR count). The second-order valence-corrected chi connectivity index (χ2v) is 6.57. The van der Waals surface area contributed by atoms with Gasteiger partial charge in [0.1, 0.15) is 18.0 Å². The quantitative estimate of drug-likeness (QED) is 0.661. The summed E-state index contributed by atoms with van der Waals surface area (Å²) >= 11 is 0. The fourth-order valence-corrected chi connectivity index (χ4v) is 4.12. The SMILES string of the molecule is CCc1c(NN)ncnc1N1CCC2(CCCCC2)CC1. The number of nitrogen functional groups attached to an aromatic ring is 1. The van der Waals surface area contributed by atoms with E-state index in [-0.39, 0.29) is 0 Å². The Bertz CT molecular complexity index is 472. The number of nitrogens with one attached hydrogen (secondary N) is 1. The van der Waals surface area contributed by atoms with E-state index in [9.17, 15) is 0 Å². The zero-order valence-corrected chi connectivity index (χ0v) is 13.1. The lowest BCUT2D eigenvalue weighted by molar-refractivity contribution is 0.144. The number of piperidine rings is 1. The molecule has 0 amide bonds. The van der Waals surface area contributed by atoms with Crippen molar-refractivity contribution in [1.29, 1.82) is 0 Å². The number of nitrogens with two attached hydrogens (primary N) is 1. The maximum atomic E-state index is 5.58. The average Bonchev–Trinajstić information content (AvgIpc) is 2.55. The van der Waals surface area contributed by atoms with Crippen LogP contribution >= 0.6 is 0 Å². The third kappa shape index (κ3) is 2.84. The summed E-state index contributed by atoms with van der Waals surface area (Å²) in [4.78, 5) is 11.2. The van der Waals surface area contributed by atoms with Gasteiger partial charge in [-0.05, 0) is 37.5 Å². The molecule has 1 aliphatic carbocycles. The van der Waals surface area contributed by atoms with Gasteiger partial charge in [0.25, 0.3) is 0 Å². The Morgan fingerprint density at radius 3 is 2.48 bits per heavy atom. The molecule has 5 heteroatoms. The molecule has 1 aromatic rings. The maximum absolute atomic E-state index is 5.58. The van der Waals surface area contributed by atoms with Crippen molar-refractivity contribution in [2.45, 2.75) is 58.3 Å². The number of hydrogen-bond donors (Lipinski definition) is 2. The van der Waals surface area contributed by atoms with Crippen molar-refractivity contribution < 1.29 is 0 Å². The van der Waals surface area contributed by atoms with Crippen LogP contribution in [0.1, 0.15) is 57.4 Å². The van der Waals surface area contributed by atoms with Gasteiger partial charge in [0.2, 0.25) is 0 Å². The summed E-state index contributed by atoms with van der Waals surface area (Å²) in [5.41, 5.74) is 4.47. The second-order valence-electron chi connectivity index (χ2n) is 6.57. The van der Waals surface area contributed by atoms with Crippen LogP contribution in [0, 0.1) is 5.41 Å². The molecule has 1 aliphatic heterocycles. The van der Waals surface area contributed by atoms with Crippen molar-refractivity contribution in [2.75, 3.05) is 23.4 Å². The van der Waals surface area contributed by atoms with Gasteiger partial charge in [0.05, 0.1) is 0 Å². The zero-order valence-electron chi connectivity index (χ0n) is 13.1. The second kappa shape index (κ2) is 6.18. The van der Waals surface area contributed by atoms with E-state index in [4.69, 9.17) is 5.84 Å². The van der Waals surface area contributed by atoms with Crippen LogP contribution < -0.4 is 16.2 Å². The van der Waals surface area contributed by atoms with Gasteiger partial charge < -0.3 is 10.3 Å². The first-order valence-electron chi connectivity index (χ1n) is 8.33. The Labute approximate surface area is 127 Å². The fraction of sp³-hybridized carbons (Fsp3) is 0.750. The molecule has 0 bridgehead atoms. The maximum Gasteiger partial charge on any atom is 0.148 e. The summed E-state index contributed by atoms with van der Waals surface area (Å²) in [5, 5.41) is 0. The lowest BCUT2D eigenvalue weighted by Crippen LogP contribution is -2.42. The van der Waals surface area contributed by atoms with Crippen LogP contribution in [0.3, 0.4) is 0 Å². The Hall–Kier alpha value is -1.36. The van der Waals surface area contributed by atoms with Crippen LogP contribution in [0.5, 0.6) is 0 Å². The van der Waals surface area contributed by atoms with Crippen molar-refractivity contribution in [3.05, 3.63) is 11.9 Å². The first-order valence-corrected chi connectivity index (χ1v) is 8.33. The minimum Gasteiger partial charge on any atom is -0.356 e. The summed E-state index contributed by atoms with van der Waals surface area (Å²) in [6.45, 7) is 4.37. The molecule has 0 radical (unpaired) electrons. The van der Waals surface area contributed by atoms with Crippen LogP contribution in [0.4, 0.5) is 11.6 Å². The van der Waals surface area contributed by atoms with Crippen molar-refractivity contribution in [3.8, 4) is 0 Å². The van der Waals surface area contributed by atoms with Gasteiger partial charge in [-0.25, -0.2) is 15.8 Å². The smallest absolute Gasteiger partial charge is 0.148 e. The molecule has 5 nitrogen and oxygen atoms in total.